The summed E-state index contributed by atoms with van der Waals surface area (Å²) in [7, 11) is 0. The van der Waals surface area contributed by atoms with E-state index in [9.17, 15) is 0 Å². The van der Waals surface area contributed by atoms with Crippen molar-refractivity contribution in [2.75, 3.05) is 0 Å². The van der Waals surface area contributed by atoms with Crippen molar-refractivity contribution in [3.63, 3.8) is 0 Å². The van der Waals surface area contributed by atoms with Gasteiger partial charge >= 0.3 is 0 Å². The van der Waals surface area contributed by atoms with Gasteiger partial charge in [0.05, 0.1) is 0 Å². The summed E-state index contributed by atoms with van der Waals surface area (Å²) in [6.45, 7) is 4.69. The molecule has 260 valence electrons. The largest absolute Gasteiger partial charge is 0.208 e. The van der Waals surface area contributed by atoms with Gasteiger partial charge in [-0.2, -0.15) is 0 Å². The quantitative estimate of drug-likeness (QED) is 0.173. The Morgan fingerprint density at radius 2 is 0.745 bits per heavy atom. The van der Waals surface area contributed by atoms with E-state index in [1.54, 1.807) is 0 Å². The van der Waals surface area contributed by atoms with Gasteiger partial charge < -0.3 is 0 Å². The van der Waals surface area contributed by atoms with Crippen LogP contribution in [0, 0.1) is 0 Å². The summed E-state index contributed by atoms with van der Waals surface area (Å²) in [5, 5.41) is 2.51. The monoisotopic (exact) mass is 703 g/mol. The predicted molar refractivity (Wildman–Crippen MR) is 228 cm³/mol. The molecule has 8 aromatic carbocycles. The molecule has 0 unspecified atom stereocenters. The zero-order chi connectivity index (χ0) is 36.9. The Labute approximate surface area is 321 Å². The van der Waals surface area contributed by atoms with Crippen molar-refractivity contribution in [2.24, 2.45) is 0 Å². The fraction of sp³-hybridized carbons (Fsp3) is 0.0577. The molecular weight excluding hydrogens is 667 g/mol. The third kappa shape index (κ3) is 5.73. The van der Waals surface area contributed by atoms with Gasteiger partial charge in [0.25, 0.3) is 0 Å². The lowest BCUT2D eigenvalue weighted by molar-refractivity contribution is 0.661. The van der Waals surface area contributed by atoms with Gasteiger partial charge in [0.1, 0.15) is 0 Å². The zero-order valence-corrected chi connectivity index (χ0v) is 30.7. The Balaban J connectivity index is 1.11. The molecule has 1 aliphatic carbocycles. The lowest BCUT2D eigenvalue weighted by Crippen LogP contribution is -2.15. The topological polar surface area (TPSA) is 38.7 Å². The van der Waals surface area contributed by atoms with E-state index in [0.717, 1.165) is 33.4 Å². The first kappa shape index (κ1) is 32.7. The number of nitrogens with zero attached hydrogens (tertiary/aromatic N) is 3. The van der Waals surface area contributed by atoms with Crippen molar-refractivity contribution in [3.05, 3.63) is 199 Å². The molecule has 1 heterocycles. The standard InChI is InChI=1S/C52H37N3/c1-52(2)46-23-12-11-22-44(46)48-43-21-10-9-20-42(43)45(33-47(48)52)40-18-13-19-41(32-40)51-54-49(38-28-24-36(25-29-38)34-14-5-3-6-15-34)53-50(55-51)39-30-26-37(27-31-39)35-16-7-4-8-17-35/h3-33H,1-2H3. The van der Waals surface area contributed by atoms with Crippen molar-refractivity contribution in [1.82, 2.24) is 15.0 Å². The van der Waals surface area contributed by atoms with Crippen LogP contribution in [0.4, 0.5) is 0 Å². The minimum Gasteiger partial charge on any atom is -0.208 e. The second kappa shape index (κ2) is 13.2. The van der Waals surface area contributed by atoms with Crippen LogP contribution in [0.2, 0.25) is 0 Å². The van der Waals surface area contributed by atoms with E-state index in [2.05, 4.69) is 190 Å². The van der Waals surface area contributed by atoms with E-state index in [0.29, 0.717) is 17.5 Å². The number of aromatic nitrogens is 3. The fourth-order valence-corrected chi connectivity index (χ4v) is 8.26. The van der Waals surface area contributed by atoms with Crippen LogP contribution in [0.1, 0.15) is 25.0 Å². The molecule has 0 fully saturated rings. The van der Waals surface area contributed by atoms with Crippen molar-refractivity contribution in [3.8, 4) is 78.7 Å². The molecule has 0 radical (unpaired) electrons. The van der Waals surface area contributed by atoms with E-state index in [-0.39, 0.29) is 5.41 Å². The molecular formula is C52H37N3. The molecule has 10 rings (SSSR count). The van der Waals surface area contributed by atoms with Gasteiger partial charge in [0.2, 0.25) is 0 Å². The average molecular weight is 704 g/mol. The number of benzene rings is 8. The molecule has 1 aromatic heterocycles. The Kier molecular flexibility index (Phi) is 7.81. The molecule has 0 saturated carbocycles. The Morgan fingerprint density at radius 1 is 0.309 bits per heavy atom. The molecule has 0 aliphatic heterocycles. The smallest absolute Gasteiger partial charge is 0.164 e. The summed E-state index contributed by atoms with van der Waals surface area (Å²) < 4.78 is 0. The second-order valence-corrected chi connectivity index (χ2v) is 14.8. The first-order chi connectivity index (χ1) is 27.0. The van der Waals surface area contributed by atoms with Gasteiger partial charge in [-0.05, 0) is 78.5 Å². The van der Waals surface area contributed by atoms with Crippen LogP contribution in [0.5, 0.6) is 0 Å². The molecule has 0 N–H and O–H groups in total. The minimum atomic E-state index is -0.119. The number of fused-ring (bicyclic) bond motifs is 5. The highest BCUT2D eigenvalue weighted by atomic mass is 15.0. The van der Waals surface area contributed by atoms with E-state index in [1.807, 2.05) is 12.1 Å². The lowest BCUT2D eigenvalue weighted by Gasteiger charge is -2.23. The summed E-state index contributed by atoms with van der Waals surface area (Å²) in [5.74, 6) is 1.92. The normalized spacial score (nSPS) is 12.7. The Hall–Kier alpha value is -6.97. The summed E-state index contributed by atoms with van der Waals surface area (Å²) in [5.41, 5.74) is 15.1. The molecule has 0 saturated heterocycles. The average Bonchev–Trinajstić information content (AvgIpc) is 3.49. The van der Waals surface area contributed by atoms with Crippen molar-refractivity contribution >= 4 is 10.8 Å². The van der Waals surface area contributed by atoms with Gasteiger partial charge in [-0.15, -0.1) is 0 Å². The fourth-order valence-electron chi connectivity index (χ4n) is 8.26. The molecule has 0 amide bonds. The maximum atomic E-state index is 5.15. The van der Waals surface area contributed by atoms with Gasteiger partial charge in [0.15, 0.2) is 17.5 Å². The third-order valence-electron chi connectivity index (χ3n) is 11.2. The highest BCUT2D eigenvalue weighted by molar-refractivity contribution is 6.09. The molecule has 0 bridgehead atoms. The second-order valence-electron chi connectivity index (χ2n) is 14.8. The molecule has 1 aliphatic rings. The van der Waals surface area contributed by atoms with E-state index in [4.69, 9.17) is 15.0 Å². The SMILES string of the molecule is CC1(C)c2ccccc2-c2c1cc(-c1cccc(-c3nc(-c4ccc(-c5ccccc5)cc4)nc(-c4ccc(-c5ccccc5)cc4)n3)c1)c1ccccc21. The Morgan fingerprint density at radius 3 is 1.35 bits per heavy atom. The molecule has 3 nitrogen and oxygen atoms in total. The predicted octanol–water partition coefficient (Wildman–Crippen LogP) is 13.3. The molecule has 0 atom stereocenters. The van der Waals surface area contributed by atoms with Crippen molar-refractivity contribution in [1.29, 1.82) is 0 Å². The zero-order valence-electron chi connectivity index (χ0n) is 30.7. The van der Waals surface area contributed by atoms with Crippen LogP contribution in [0.3, 0.4) is 0 Å². The van der Waals surface area contributed by atoms with Crippen LogP contribution in [-0.4, -0.2) is 15.0 Å². The van der Waals surface area contributed by atoms with Gasteiger partial charge in [-0.25, -0.2) is 15.0 Å². The maximum Gasteiger partial charge on any atom is 0.164 e. The van der Waals surface area contributed by atoms with E-state index >= 15 is 0 Å². The minimum absolute atomic E-state index is 0.119. The van der Waals surface area contributed by atoms with Crippen LogP contribution >= 0.6 is 0 Å². The van der Waals surface area contributed by atoms with Crippen molar-refractivity contribution in [2.45, 2.75) is 19.3 Å². The van der Waals surface area contributed by atoms with Crippen LogP contribution < -0.4 is 0 Å². The van der Waals surface area contributed by atoms with Crippen LogP contribution in [0.25, 0.3) is 89.4 Å². The highest BCUT2D eigenvalue weighted by Crippen LogP contribution is 2.53. The molecule has 55 heavy (non-hydrogen) atoms. The first-order valence-electron chi connectivity index (χ1n) is 18.9. The van der Waals surface area contributed by atoms with Crippen LogP contribution in [-0.2, 0) is 5.41 Å². The van der Waals surface area contributed by atoms with Gasteiger partial charge in [-0.1, -0.05) is 190 Å². The van der Waals surface area contributed by atoms with E-state index in [1.165, 1.54) is 49.7 Å². The summed E-state index contributed by atoms with van der Waals surface area (Å²) in [6.07, 6.45) is 0. The van der Waals surface area contributed by atoms with Crippen LogP contribution in [0.15, 0.2) is 188 Å². The van der Waals surface area contributed by atoms with Crippen molar-refractivity contribution < 1.29 is 0 Å². The number of hydrogen-bond acceptors (Lipinski definition) is 3. The Bertz CT molecular complexity index is 2760. The van der Waals surface area contributed by atoms with Gasteiger partial charge in [-0.3, -0.25) is 0 Å². The first-order valence-corrected chi connectivity index (χ1v) is 18.9. The number of rotatable bonds is 6. The lowest BCUT2D eigenvalue weighted by atomic mass is 9.80. The molecule has 3 heteroatoms. The maximum absolute atomic E-state index is 5.15. The third-order valence-corrected chi connectivity index (χ3v) is 11.2. The summed E-state index contributed by atoms with van der Waals surface area (Å²) in [4.78, 5) is 15.4. The number of hydrogen-bond donors (Lipinski definition) is 0. The molecule has 0 spiro atoms. The summed E-state index contributed by atoms with van der Waals surface area (Å²) in [6, 6.07) is 66.7. The highest BCUT2D eigenvalue weighted by Gasteiger charge is 2.37. The summed E-state index contributed by atoms with van der Waals surface area (Å²) >= 11 is 0. The van der Waals surface area contributed by atoms with E-state index < -0.39 is 0 Å². The molecule has 9 aromatic rings. The van der Waals surface area contributed by atoms with Gasteiger partial charge in [0, 0.05) is 22.1 Å².